The third-order valence-corrected chi connectivity index (χ3v) is 5.34. The monoisotopic (exact) mass is 453 g/mol. The minimum absolute atomic E-state index is 0.0776. The summed E-state index contributed by atoms with van der Waals surface area (Å²) in [4.78, 5) is 11.2. The van der Waals surface area contributed by atoms with Crippen molar-refractivity contribution in [2.45, 2.75) is 27.4 Å². The van der Waals surface area contributed by atoms with Crippen molar-refractivity contribution in [3.63, 3.8) is 0 Å². The number of hydrazone groups is 1. The number of ether oxygens (including phenoxy) is 2. The molecule has 8 heteroatoms. The Balaban J connectivity index is 1.85. The number of nitro groups is 1. The van der Waals surface area contributed by atoms with Crippen LogP contribution in [0.25, 0.3) is 0 Å². The first-order chi connectivity index (χ1) is 15.3. The number of methoxy groups -OCH3 is 1. The maximum absolute atomic E-state index is 11.7. The van der Waals surface area contributed by atoms with Gasteiger partial charge in [0.15, 0.2) is 5.75 Å². The van der Waals surface area contributed by atoms with Crippen LogP contribution in [0.4, 0.5) is 11.4 Å². The number of rotatable bonds is 8. The smallest absolute Gasteiger partial charge is 0.315 e. The van der Waals surface area contributed by atoms with Crippen molar-refractivity contribution >= 4 is 29.2 Å². The Hall–Kier alpha value is -3.58. The van der Waals surface area contributed by atoms with Crippen LogP contribution in [0.2, 0.25) is 5.02 Å². The number of hydrogen-bond donors (Lipinski definition) is 1. The molecule has 0 atom stereocenters. The minimum Gasteiger partial charge on any atom is -0.493 e. The van der Waals surface area contributed by atoms with Crippen LogP contribution in [0.5, 0.6) is 11.5 Å². The Morgan fingerprint density at radius 1 is 1.09 bits per heavy atom. The number of nitrogens with one attached hydrogen (secondary N) is 1. The van der Waals surface area contributed by atoms with Gasteiger partial charge in [0, 0.05) is 16.7 Å². The van der Waals surface area contributed by atoms with E-state index in [1.54, 1.807) is 12.1 Å². The Labute approximate surface area is 191 Å². The Morgan fingerprint density at radius 3 is 2.53 bits per heavy atom. The first-order valence-corrected chi connectivity index (χ1v) is 10.3. The quantitative estimate of drug-likeness (QED) is 0.249. The maximum Gasteiger partial charge on any atom is 0.315 e. The lowest BCUT2D eigenvalue weighted by molar-refractivity contribution is -0.386. The summed E-state index contributed by atoms with van der Waals surface area (Å²) in [6.45, 7) is 6.05. The number of halogens is 1. The van der Waals surface area contributed by atoms with Crippen LogP contribution in [-0.2, 0) is 6.61 Å². The SMILES string of the molecule is COc1cc(/C=N/Nc2ccc(C)c(Cl)c2)cc([N+](=O)[O-])c1OCc1cc(C)ccc1C. The van der Waals surface area contributed by atoms with Gasteiger partial charge in [-0.05, 0) is 55.7 Å². The summed E-state index contributed by atoms with van der Waals surface area (Å²) in [6.07, 6.45) is 1.47. The zero-order valence-electron chi connectivity index (χ0n) is 18.3. The highest BCUT2D eigenvalue weighted by Gasteiger charge is 2.22. The molecule has 0 bridgehead atoms. The maximum atomic E-state index is 11.7. The molecule has 0 fully saturated rings. The van der Waals surface area contributed by atoms with Crippen LogP contribution in [-0.4, -0.2) is 18.2 Å². The molecule has 0 spiro atoms. The number of hydrogen-bond acceptors (Lipinski definition) is 6. The average Bonchev–Trinajstić information content (AvgIpc) is 2.76. The molecule has 0 amide bonds. The predicted octanol–water partition coefficient (Wildman–Crippen LogP) is 6.21. The molecule has 0 unspecified atom stereocenters. The van der Waals surface area contributed by atoms with Crippen molar-refractivity contribution < 1.29 is 14.4 Å². The van der Waals surface area contributed by atoms with E-state index in [0.29, 0.717) is 16.3 Å². The van der Waals surface area contributed by atoms with Crippen molar-refractivity contribution in [3.8, 4) is 11.5 Å². The molecule has 0 aromatic heterocycles. The van der Waals surface area contributed by atoms with Gasteiger partial charge in [-0.3, -0.25) is 15.5 Å². The molecule has 0 heterocycles. The highest BCUT2D eigenvalue weighted by atomic mass is 35.5. The van der Waals surface area contributed by atoms with Gasteiger partial charge in [-0.1, -0.05) is 41.4 Å². The van der Waals surface area contributed by atoms with Gasteiger partial charge >= 0.3 is 5.69 Å². The normalized spacial score (nSPS) is 10.9. The van der Waals surface area contributed by atoms with Crippen molar-refractivity contribution in [2.75, 3.05) is 12.5 Å². The Bertz CT molecular complexity index is 1180. The lowest BCUT2D eigenvalue weighted by atomic mass is 10.1. The number of anilines is 1. The van der Waals surface area contributed by atoms with Crippen molar-refractivity contribution in [3.05, 3.63) is 91.5 Å². The molecule has 0 aliphatic heterocycles. The predicted molar refractivity (Wildman–Crippen MR) is 127 cm³/mol. The van der Waals surface area contributed by atoms with Gasteiger partial charge in [-0.25, -0.2) is 0 Å². The third-order valence-electron chi connectivity index (χ3n) is 4.93. The number of nitrogens with zero attached hydrogens (tertiary/aromatic N) is 2. The molecule has 166 valence electrons. The van der Waals surface area contributed by atoms with Gasteiger partial charge in [0.1, 0.15) is 6.61 Å². The summed E-state index contributed by atoms with van der Waals surface area (Å²) >= 11 is 6.12. The molecule has 3 rings (SSSR count). The minimum atomic E-state index is -0.495. The highest BCUT2D eigenvalue weighted by Crippen LogP contribution is 2.38. The van der Waals surface area contributed by atoms with E-state index in [4.69, 9.17) is 21.1 Å². The van der Waals surface area contributed by atoms with E-state index in [2.05, 4.69) is 10.5 Å². The molecule has 1 N–H and O–H groups in total. The van der Waals surface area contributed by atoms with Crippen LogP contribution in [0.1, 0.15) is 27.8 Å². The molecule has 0 saturated heterocycles. The van der Waals surface area contributed by atoms with E-state index in [1.165, 1.54) is 19.4 Å². The molecule has 0 radical (unpaired) electrons. The third kappa shape index (κ3) is 5.56. The molecule has 0 aliphatic carbocycles. The van der Waals surface area contributed by atoms with Gasteiger partial charge in [0.25, 0.3) is 0 Å². The van der Waals surface area contributed by atoms with E-state index in [-0.39, 0.29) is 23.8 Å². The van der Waals surface area contributed by atoms with Gasteiger partial charge in [-0.15, -0.1) is 0 Å². The topological polar surface area (TPSA) is 86.0 Å². The summed E-state index contributed by atoms with van der Waals surface area (Å²) in [5, 5.41) is 16.5. The van der Waals surface area contributed by atoms with Crippen molar-refractivity contribution in [1.82, 2.24) is 0 Å². The van der Waals surface area contributed by atoms with Crippen LogP contribution in [0.3, 0.4) is 0 Å². The Kier molecular flexibility index (Phi) is 7.33. The number of aryl methyl sites for hydroxylation is 3. The van der Waals surface area contributed by atoms with Gasteiger partial charge in [0.2, 0.25) is 5.75 Å². The largest absolute Gasteiger partial charge is 0.493 e. The van der Waals surface area contributed by atoms with Gasteiger partial charge < -0.3 is 9.47 Å². The fraction of sp³-hybridized carbons (Fsp3) is 0.208. The molecular formula is C24H24ClN3O4. The second kappa shape index (κ2) is 10.2. The fourth-order valence-electron chi connectivity index (χ4n) is 3.06. The fourth-order valence-corrected chi connectivity index (χ4v) is 3.25. The van der Waals surface area contributed by atoms with E-state index in [1.807, 2.05) is 51.1 Å². The van der Waals surface area contributed by atoms with Crippen LogP contribution < -0.4 is 14.9 Å². The zero-order valence-corrected chi connectivity index (χ0v) is 19.1. The first-order valence-electron chi connectivity index (χ1n) is 9.89. The molecule has 3 aromatic rings. The molecular weight excluding hydrogens is 430 g/mol. The molecule has 3 aromatic carbocycles. The van der Waals surface area contributed by atoms with E-state index >= 15 is 0 Å². The number of nitro benzene ring substituents is 1. The molecule has 7 nitrogen and oxygen atoms in total. The lowest BCUT2D eigenvalue weighted by Crippen LogP contribution is -2.04. The summed E-state index contributed by atoms with van der Waals surface area (Å²) in [5.74, 6) is 0.332. The summed E-state index contributed by atoms with van der Waals surface area (Å²) in [5.41, 5.74) is 7.89. The molecule has 0 aliphatic rings. The van der Waals surface area contributed by atoms with Crippen molar-refractivity contribution in [2.24, 2.45) is 5.10 Å². The van der Waals surface area contributed by atoms with Crippen molar-refractivity contribution in [1.29, 1.82) is 0 Å². The van der Waals surface area contributed by atoms with Gasteiger partial charge in [0.05, 0.1) is 23.9 Å². The molecule has 32 heavy (non-hydrogen) atoms. The van der Waals surface area contributed by atoms with E-state index < -0.39 is 4.92 Å². The summed E-state index contributed by atoms with van der Waals surface area (Å²) in [7, 11) is 1.44. The van der Waals surface area contributed by atoms with Crippen LogP contribution in [0, 0.1) is 30.9 Å². The summed E-state index contributed by atoms with van der Waals surface area (Å²) in [6, 6.07) is 14.5. The number of benzene rings is 3. The lowest BCUT2D eigenvalue weighted by Gasteiger charge is -2.13. The Morgan fingerprint density at radius 2 is 1.84 bits per heavy atom. The average molecular weight is 454 g/mol. The van der Waals surface area contributed by atoms with Crippen LogP contribution >= 0.6 is 11.6 Å². The second-order valence-electron chi connectivity index (χ2n) is 7.38. The standard InChI is InChI=1S/C24H24ClN3O4/c1-15-5-6-16(2)19(9-15)14-32-24-22(28(29)30)10-18(11-23(24)31-4)13-26-27-20-8-7-17(3)21(25)12-20/h5-13,27H,14H2,1-4H3/b26-13+. The van der Waals surface area contributed by atoms with E-state index in [0.717, 1.165) is 22.3 Å². The highest BCUT2D eigenvalue weighted by molar-refractivity contribution is 6.31. The zero-order chi connectivity index (χ0) is 23.3. The second-order valence-corrected chi connectivity index (χ2v) is 7.79. The van der Waals surface area contributed by atoms with Crippen LogP contribution in [0.15, 0.2) is 53.6 Å². The molecule has 0 saturated carbocycles. The first kappa shape index (κ1) is 23.1. The van der Waals surface area contributed by atoms with Gasteiger partial charge in [-0.2, -0.15) is 5.10 Å². The van der Waals surface area contributed by atoms with E-state index in [9.17, 15) is 10.1 Å². The summed E-state index contributed by atoms with van der Waals surface area (Å²) < 4.78 is 11.2.